The maximum atomic E-state index is 14.3. The van der Waals surface area contributed by atoms with Crippen LogP contribution in [0.3, 0.4) is 0 Å². The number of nitrogens with zero attached hydrogens (tertiary/aromatic N) is 6. The number of nitriles is 1. The van der Waals surface area contributed by atoms with E-state index in [-0.39, 0.29) is 34.9 Å². The van der Waals surface area contributed by atoms with Gasteiger partial charge in [0.25, 0.3) is 5.91 Å². The molecule has 1 amide bonds. The molecule has 8 rings (SSSR count). The second-order valence-electron chi connectivity index (χ2n) is 13.2. The van der Waals surface area contributed by atoms with E-state index < -0.39 is 23.6 Å². The Bertz CT molecular complexity index is 2460. The molecule has 0 radical (unpaired) electrons. The van der Waals surface area contributed by atoms with Gasteiger partial charge in [-0.2, -0.15) is 23.5 Å². The fourth-order valence-electron chi connectivity index (χ4n) is 6.64. The van der Waals surface area contributed by atoms with Crippen molar-refractivity contribution in [3.05, 3.63) is 119 Å². The summed E-state index contributed by atoms with van der Waals surface area (Å²) in [7, 11) is 0. The number of amides is 1. The summed E-state index contributed by atoms with van der Waals surface area (Å²) in [6, 6.07) is 21.1. The first kappa shape index (κ1) is 34.9. The molecule has 274 valence electrons. The van der Waals surface area contributed by atoms with Crippen molar-refractivity contribution in [3.8, 4) is 11.9 Å². The average molecular weight is 737 g/mol. The lowest BCUT2D eigenvalue weighted by atomic mass is 10.0. The molecule has 11 nitrogen and oxygen atoms in total. The molecule has 3 aromatic heterocycles. The number of nitrogens with one attached hydrogen (secondary N) is 2. The highest BCUT2D eigenvalue weighted by atomic mass is 19.4. The normalized spacial score (nSPS) is 16.2. The molecule has 3 aromatic carbocycles. The maximum Gasteiger partial charge on any atom is 0.435 e. The molecule has 0 saturated carbocycles. The Morgan fingerprint density at radius 1 is 1.09 bits per heavy atom. The van der Waals surface area contributed by atoms with Gasteiger partial charge in [-0.05, 0) is 73.0 Å². The van der Waals surface area contributed by atoms with Gasteiger partial charge in [-0.15, -0.1) is 0 Å². The van der Waals surface area contributed by atoms with Gasteiger partial charge in [0.1, 0.15) is 18.2 Å². The highest BCUT2D eigenvalue weighted by Crippen LogP contribution is 2.34. The molecule has 0 spiro atoms. The van der Waals surface area contributed by atoms with Crippen molar-refractivity contribution < 1.29 is 31.8 Å². The number of rotatable bonds is 10. The summed E-state index contributed by atoms with van der Waals surface area (Å²) >= 11 is 0. The largest absolute Gasteiger partial charge is 0.473 e. The van der Waals surface area contributed by atoms with Gasteiger partial charge in [-0.25, -0.2) is 14.4 Å². The molecule has 1 fully saturated rings. The zero-order valence-corrected chi connectivity index (χ0v) is 28.7. The lowest BCUT2D eigenvalue weighted by Gasteiger charge is -2.29. The molecule has 0 bridgehead atoms. The maximum absolute atomic E-state index is 14.3. The minimum atomic E-state index is -4.64. The molecule has 1 saturated heterocycles. The number of aromatic amines is 1. The fourth-order valence-corrected chi connectivity index (χ4v) is 6.64. The predicted molar refractivity (Wildman–Crippen MR) is 191 cm³/mol. The number of fused-ring (bicyclic) bond motifs is 2. The van der Waals surface area contributed by atoms with Gasteiger partial charge in [-0.1, -0.05) is 18.2 Å². The Kier molecular flexibility index (Phi) is 9.30. The molecule has 0 aliphatic carbocycles. The number of imidazole rings is 1. The number of benzene rings is 3. The molecule has 1 atom stereocenters. The summed E-state index contributed by atoms with van der Waals surface area (Å²) in [6.45, 7) is 3.23. The summed E-state index contributed by atoms with van der Waals surface area (Å²) in [4.78, 5) is 25.2. The lowest BCUT2D eigenvalue weighted by molar-refractivity contribution is -0.139. The molecule has 6 aromatic rings. The minimum absolute atomic E-state index is 0.0196. The number of anilines is 1. The van der Waals surface area contributed by atoms with Crippen molar-refractivity contribution >= 4 is 39.1 Å². The van der Waals surface area contributed by atoms with Crippen LogP contribution in [0, 0.1) is 17.1 Å². The van der Waals surface area contributed by atoms with Gasteiger partial charge in [0.2, 0.25) is 5.88 Å². The van der Waals surface area contributed by atoms with E-state index in [4.69, 9.17) is 19.7 Å². The van der Waals surface area contributed by atoms with Crippen LogP contribution < -0.4 is 10.1 Å². The zero-order valence-electron chi connectivity index (χ0n) is 28.7. The van der Waals surface area contributed by atoms with E-state index in [0.717, 1.165) is 42.0 Å². The average Bonchev–Trinajstić information content (AvgIpc) is 3.73. The number of carbonyl (C=O) groups is 1. The third-order valence-electron chi connectivity index (χ3n) is 9.63. The van der Waals surface area contributed by atoms with E-state index in [9.17, 15) is 22.4 Å². The number of carbonyl (C=O) groups excluding carboxylic acids is 1. The Labute approximate surface area is 305 Å². The molecule has 0 unspecified atom stereocenters. The Morgan fingerprint density at radius 3 is 2.70 bits per heavy atom. The molecular formula is C39H32F4N8O3. The number of hydrogen-bond donors (Lipinski definition) is 2. The zero-order chi connectivity index (χ0) is 37.4. The van der Waals surface area contributed by atoms with E-state index in [1.165, 1.54) is 30.3 Å². The van der Waals surface area contributed by atoms with Gasteiger partial charge in [0.05, 0.1) is 53.1 Å². The first-order valence-corrected chi connectivity index (χ1v) is 17.3. The number of hydrogen-bond acceptors (Lipinski definition) is 8. The van der Waals surface area contributed by atoms with E-state index >= 15 is 0 Å². The van der Waals surface area contributed by atoms with E-state index in [0.29, 0.717) is 48.8 Å². The van der Waals surface area contributed by atoms with Crippen molar-refractivity contribution in [2.75, 3.05) is 25.0 Å². The smallest absolute Gasteiger partial charge is 0.435 e. The summed E-state index contributed by atoms with van der Waals surface area (Å²) in [5.41, 5.74) is 3.57. The monoisotopic (exact) mass is 736 g/mol. The number of alkyl halides is 3. The molecular weight excluding hydrogens is 704 g/mol. The van der Waals surface area contributed by atoms with E-state index in [1.807, 2.05) is 24.3 Å². The lowest BCUT2D eigenvalue weighted by Crippen LogP contribution is -2.33. The molecule has 2 N–H and O–H groups in total. The van der Waals surface area contributed by atoms with Crippen molar-refractivity contribution in [2.45, 2.75) is 44.8 Å². The fraction of sp³-hybridized carbons (Fsp3) is 0.256. The van der Waals surface area contributed by atoms with Crippen LogP contribution in [-0.4, -0.2) is 61.3 Å². The second-order valence-corrected chi connectivity index (χ2v) is 13.2. The molecule has 2 aliphatic rings. The van der Waals surface area contributed by atoms with E-state index in [1.54, 1.807) is 24.3 Å². The molecule has 54 heavy (non-hydrogen) atoms. The quantitative estimate of drug-likeness (QED) is 0.141. The predicted octanol–water partition coefficient (Wildman–Crippen LogP) is 7.25. The summed E-state index contributed by atoms with van der Waals surface area (Å²) in [6.07, 6.45) is -0.794. The third kappa shape index (κ3) is 7.26. The number of aromatic nitrogens is 5. The first-order valence-electron chi connectivity index (χ1n) is 17.3. The van der Waals surface area contributed by atoms with Crippen LogP contribution in [0.25, 0.3) is 27.5 Å². The minimum Gasteiger partial charge on any atom is -0.473 e. The second kappa shape index (κ2) is 14.4. The highest BCUT2D eigenvalue weighted by Gasteiger charge is 2.36. The van der Waals surface area contributed by atoms with Crippen LogP contribution in [0.2, 0.25) is 0 Å². The molecule has 15 heteroatoms. The number of halogens is 4. The Balaban J connectivity index is 0.963. The van der Waals surface area contributed by atoms with Crippen LogP contribution >= 0.6 is 0 Å². The van der Waals surface area contributed by atoms with Gasteiger partial charge < -0.3 is 19.4 Å². The van der Waals surface area contributed by atoms with E-state index in [2.05, 4.69) is 36.0 Å². The van der Waals surface area contributed by atoms with Crippen molar-refractivity contribution in [3.63, 3.8) is 0 Å². The van der Waals surface area contributed by atoms with Crippen LogP contribution in [-0.2, 0) is 30.6 Å². The molecule has 5 heterocycles. The number of pyridine rings is 1. The van der Waals surface area contributed by atoms with Gasteiger partial charge >= 0.3 is 6.18 Å². The highest BCUT2D eigenvalue weighted by molar-refractivity contribution is 6.06. The van der Waals surface area contributed by atoms with Crippen molar-refractivity contribution in [1.29, 1.82) is 5.26 Å². The molecule has 2 aliphatic heterocycles. The van der Waals surface area contributed by atoms with Gasteiger partial charge in [0.15, 0.2) is 5.69 Å². The van der Waals surface area contributed by atoms with Crippen LogP contribution in [0.1, 0.15) is 51.5 Å². The Hall–Kier alpha value is -6.11. The third-order valence-corrected chi connectivity index (χ3v) is 9.63. The van der Waals surface area contributed by atoms with Crippen molar-refractivity contribution in [2.24, 2.45) is 0 Å². The first-order chi connectivity index (χ1) is 26.1. The van der Waals surface area contributed by atoms with Crippen LogP contribution in [0.15, 0.2) is 78.9 Å². The number of ether oxygens (including phenoxy) is 2. The Morgan fingerprint density at radius 2 is 1.96 bits per heavy atom. The standard InChI is InChI=1S/C39H32F4N8O3/c40-30-16-23(19-44)4-5-26(30)22-54-36-3-1-2-31(47-36)24-10-13-50(14-11-24)21-35-46-33-17-25(6-9-34(33)51(35)20-28-12-15-53-28)38(52)45-27-7-8-32-29(18-27)37(49-48-32)39(41,42)43/h1-10,16-18,28H,11-15,20-22H2,(H,45,52)(H,48,49)/t28-/m0/s1. The van der Waals surface area contributed by atoms with Crippen LogP contribution in [0.4, 0.5) is 23.2 Å². The van der Waals surface area contributed by atoms with Gasteiger partial charge in [-0.3, -0.25) is 14.8 Å². The number of H-pyrrole nitrogens is 1. The van der Waals surface area contributed by atoms with Gasteiger partial charge in [0, 0.05) is 48.0 Å². The summed E-state index contributed by atoms with van der Waals surface area (Å²) < 4.78 is 68.3. The van der Waals surface area contributed by atoms with Crippen molar-refractivity contribution in [1.82, 2.24) is 29.6 Å². The summed E-state index contributed by atoms with van der Waals surface area (Å²) in [5, 5.41) is 17.3. The SMILES string of the molecule is N#Cc1ccc(COc2cccc(C3=CCN(Cc4nc5cc(C(=O)Nc6ccc7[nH]nc(C(F)(F)F)c7c6)ccc5n4C[C@@H]4CCO4)CC3)n2)c(F)c1. The van der Waals surface area contributed by atoms with Crippen LogP contribution in [0.5, 0.6) is 5.88 Å². The topological polar surface area (TPSA) is 134 Å². The summed E-state index contributed by atoms with van der Waals surface area (Å²) in [5.74, 6) is 0.205.